The van der Waals surface area contributed by atoms with Gasteiger partial charge in [0.1, 0.15) is 0 Å². The summed E-state index contributed by atoms with van der Waals surface area (Å²) in [6.45, 7) is 9.44. The first-order valence-corrected chi connectivity index (χ1v) is 43.9. The standard InChI is InChI=1S/C60H40N4S.C54H36N4S/c1-60(2)51-27-14-12-25-44(51)47-35-48-45-30-29-41(34-53(45)64(54(48)36-52(47)60)43-23-10-5-11-24-43)39-21-16-22-40(31-39)42-32-49-46-26-13-15-28-55(46)65-56(49)50(33-42)59-62-57(37-17-6-3-7-18-37)61-58(63-59)38-19-8-4-9-20-38;1-54(2)45-25-12-9-22-38(45)41-31-42-39-23-10-13-26-47(39)58(48(42)32-46(41)54)37-21-15-20-35(28-37)36-29-43-40-24-11-14-27-49(40)59-50(43)44(30-36)53-56-51(33-16-5-3-6-17-33)55-52(57-53)34-18-7-4-8-19-34/h3-36H,1-2H3;3-32H,1-2H3. The second-order valence-electron chi connectivity index (χ2n) is 33.6. The van der Waals surface area contributed by atoms with E-state index in [1.807, 2.05) is 72.8 Å². The van der Waals surface area contributed by atoms with Crippen molar-refractivity contribution in [2.45, 2.75) is 38.5 Å². The second-order valence-corrected chi connectivity index (χ2v) is 35.7. The number of aromatic nitrogens is 8. The molecule has 6 heterocycles. The molecule has 124 heavy (non-hydrogen) atoms. The van der Waals surface area contributed by atoms with Crippen LogP contribution in [0.3, 0.4) is 0 Å². The zero-order valence-electron chi connectivity index (χ0n) is 68.3. The maximum Gasteiger partial charge on any atom is 0.165 e. The maximum absolute atomic E-state index is 5.22. The molecule has 23 aromatic rings. The highest BCUT2D eigenvalue weighted by atomic mass is 32.1. The average molecular weight is 1620 g/mol. The number of rotatable bonds is 11. The maximum atomic E-state index is 5.22. The van der Waals surface area contributed by atoms with Crippen molar-refractivity contribution in [1.29, 1.82) is 0 Å². The molecule has 0 amide bonds. The lowest BCUT2D eigenvalue weighted by Crippen LogP contribution is -2.14. The molecule has 0 N–H and O–H groups in total. The molecule has 8 nitrogen and oxygen atoms in total. The molecule has 0 bridgehead atoms. The molecule has 584 valence electrons. The highest BCUT2D eigenvalue weighted by Crippen LogP contribution is 2.55. The summed E-state index contributed by atoms with van der Waals surface area (Å²) in [5.41, 5.74) is 30.4. The van der Waals surface area contributed by atoms with Gasteiger partial charge in [0, 0.05) is 117 Å². The Morgan fingerprint density at radius 3 is 1.02 bits per heavy atom. The topological polar surface area (TPSA) is 87.2 Å². The van der Waals surface area contributed by atoms with Crippen LogP contribution >= 0.6 is 22.7 Å². The summed E-state index contributed by atoms with van der Waals surface area (Å²) < 4.78 is 9.70. The first kappa shape index (κ1) is 72.8. The fraction of sp³-hybridized carbons (Fsp3) is 0.0526. The van der Waals surface area contributed by atoms with Crippen molar-refractivity contribution < 1.29 is 0 Å². The van der Waals surface area contributed by atoms with Crippen molar-refractivity contribution in [2.24, 2.45) is 0 Å². The van der Waals surface area contributed by atoms with Gasteiger partial charge in [-0.1, -0.05) is 313 Å². The van der Waals surface area contributed by atoms with Crippen LogP contribution in [0.25, 0.3) is 219 Å². The summed E-state index contributed by atoms with van der Waals surface area (Å²) in [5, 5.41) is 9.88. The van der Waals surface area contributed by atoms with Crippen molar-refractivity contribution in [3.05, 3.63) is 411 Å². The third kappa shape index (κ3) is 11.9. The normalized spacial score (nSPS) is 13.0. The largest absolute Gasteiger partial charge is 0.309 e. The predicted molar refractivity (Wildman–Crippen MR) is 518 cm³/mol. The Morgan fingerprint density at radius 1 is 0.194 bits per heavy atom. The minimum absolute atomic E-state index is 0.0975. The van der Waals surface area contributed by atoms with Crippen LogP contribution < -0.4 is 0 Å². The Morgan fingerprint density at radius 2 is 0.540 bits per heavy atom. The molecule has 2 aliphatic carbocycles. The molecule has 25 rings (SSSR count). The summed E-state index contributed by atoms with van der Waals surface area (Å²) in [6, 6.07) is 140. The van der Waals surface area contributed by atoms with E-state index < -0.39 is 0 Å². The molecule has 0 spiro atoms. The molecule has 6 aromatic heterocycles. The molecule has 17 aromatic carbocycles. The van der Waals surface area contributed by atoms with Crippen LogP contribution in [0.4, 0.5) is 0 Å². The molecule has 0 unspecified atom stereocenters. The van der Waals surface area contributed by atoms with Gasteiger partial charge < -0.3 is 9.13 Å². The molecule has 10 heteroatoms. The van der Waals surface area contributed by atoms with Gasteiger partial charge in [-0.25, -0.2) is 29.9 Å². The highest BCUT2D eigenvalue weighted by molar-refractivity contribution is 7.26. The number of nitrogens with zero attached hydrogens (tertiary/aromatic N) is 8. The smallest absolute Gasteiger partial charge is 0.165 e. The van der Waals surface area contributed by atoms with Crippen molar-refractivity contribution in [2.75, 3.05) is 0 Å². The number of hydrogen-bond acceptors (Lipinski definition) is 8. The van der Waals surface area contributed by atoms with Crippen LogP contribution in [0.1, 0.15) is 49.9 Å². The van der Waals surface area contributed by atoms with Crippen LogP contribution in [0, 0.1) is 0 Å². The van der Waals surface area contributed by atoms with Crippen molar-refractivity contribution in [3.63, 3.8) is 0 Å². The monoisotopic (exact) mass is 1620 g/mol. The van der Waals surface area contributed by atoms with E-state index in [1.165, 1.54) is 119 Å². The minimum atomic E-state index is -0.103. The van der Waals surface area contributed by atoms with Crippen molar-refractivity contribution in [3.8, 4) is 135 Å². The number of thiophene rings is 2. The van der Waals surface area contributed by atoms with Gasteiger partial charge in [-0.2, -0.15) is 0 Å². The Labute approximate surface area is 724 Å². The van der Waals surface area contributed by atoms with E-state index in [4.69, 9.17) is 29.9 Å². The van der Waals surface area contributed by atoms with Crippen LogP contribution in [-0.2, 0) is 10.8 Å². The fourth-order valence-electron chi connectivity index (χ4n) is 19.6. The summed E-state index contributed by atoms with van der Waals surface area (Å²) in [7, 11) is 0. The van der Waals surface area contributed by atoms with E-state index in [1.54, 1.807) is 22.7 Å². The molecule has 2 aliphatic rings. The second kappa shape index (κ2) is 28.8. The fourth-order valence-corrected chi connectivity index (χ4v) is 22.0. The summed E-state index contributed by atoms with van der Waals surface area (Å²) in [5.74, 6) is 3.92. The summed E-state index contributed by atoms with van der Waals surface area (Å²) in [4.78, 5) is 30.9. The van der Waals surface area contributed by atoms with E-state index in [-0.39, 0.29) is 10.8 Å². The number of benzene rings is 17. The Kier molecular flexibility index (Phi) is 16.9. The van der Waals surface area contributed by atoms with Gasteiger partial charge in [0.05, 0.1) is 22.1 Å². The van der Waals surface area contributed by atoms with Gasteiger partial charge in [0.2, 0.25) is 0 Å². The zero-order valence-corrected chi connectivity index (χ0v) is 70.0. The molecule has 0 saturated carbocycles. The van der Waals surface area contributed by atoms with E-state index in [2.05, 4.69) is 352 Å². The van der Waals surface area contributed by atoms with Crippen molar-refractivity contribution in [1.82, 2.24) is 39.0 Å². The van der Waals surface area contributed by atoms with Crippen LogP contribution in [0.5, 0.6) is 0 Å². The molecule has 0 radical (unpaired) electrons. The minimum Gasteiger partial charge on any atom is -0.309 e. The quantitative estimate of drug-likeness (QED) is 0.128. The zero-order chi connectivity index (χ0) is 82.5. The first-order valence-electron chi connectivity index (χ1n) is 42.3. The van der Waals surface area contributed by atoms with Gasteiger partial charge >= 0.3 is 0 Å². The predicted octanol–water partition coefficient (Wildman–Crippen LogP) is 30.3. The van der Waals surface area contributed by atoms with E-state index in [0.717, 1.165) is 87.5 Å². The number of hydrogen-bond donors (Lipinski definition) is 0. The van der Waals surface area contributed by atoms with Gasteiger partial charge in [-0.3, -0.25) is 0 Å². The lowest BCUT2D eigenvalue weighted by Gasteiger charge is -2.21. The molecular weight excluding hydrogens is 1550 g/mol. The van der Waals surface area contributed by atoms with E-state index in [9.17, 15) is 0 Å². The third-order valence-corrected chi connectivity index (χ3v) is 28.1. The summed E-state index contributed by atoms with van der Waals surface area (Å²) >= 11 is 3.59. The Balaban J connectivity index is 0.000000140. The highest BCUT2D eigenvalue weighted by Gasteiger charge is 2.38. The van der Waals surface area contributed by atoms with Gasteiger partial charge in [0.15, 0.2) is 34.9 Å². The van der Waals surface area contributed by atoms with Gasteiger partial charge in [-0.15, -0.1) is 22.7 Å². The SMILES string of the molecule is CC1(C)c2ccccc2-c2cc3c4ccc(-c5cccc(-c6cc(-c7nc(-c8ccccc8)nc(-c8ccccc8)n7)c7sc8ccccc8c7c6)c5)cc4n(-c4ccccc4)c3cc21.CC1(C)c2ccccc2-c2cc3c4ccccc4n(-c4cccc(-c5cc(-c6nc(-c7ccccc7)nc(-c7ccccc7)n6)c6sc7ccccc7c6c5)c4)c3cc21. The Bertz CT molecular complexity index is 8170. The Hall–Kier alpha value is -15.2. The molecule has 0 aliphatic heterocycles. The van der Waals surface area contributed by atoms with Gasteiger partial charge in [-0.05, 0) is 181 Å². The average Bonchev–Trinajstić information content (AvgIpc) is 1.55. The molecule has 0 fully saturated rings. The van der Waals surface area contributed by atoms with Crippen LogP contribution in [0.2, 0.25) is 0 Å². The lowest BCUT2D eigenvalue weighted by molar-refractivity contribution is 0.661. The van der Waals surface area contributed by atoms with Crippen molar-refractivity contribution >= 4 is 107 Å². The lowest BCUT2D eigenvalue weighted by atomic mass is 9.82. The van der Waals surface area contributed by atoms with Crippen LogP contribution in [-0.4, -0.2) is 39.0 Å². The van der Waals surface area contributed by atoms with E-state index in [0.29, 0.717) is 34.9 Å². The first-order chi connectivity index (χ1) is 60.9. The van der Waals surface area contributed by atoms with E-state index >= 15 is 0 Å². The van der Waals surface area contributed by atoms with Gasteiger partial charge in [0.25, 0.3) is 0 Å². The number of fused-ring (bicyclic) bond motifs is 18. The molecule has 0 atom stereocenters. The molecular formula is C114H76N8S2. The third-order valence-electron chi connectivity index (χ3n) is 25.7. The number of para-hydroxylation sites is 2. The summed E-state index contributed by atoms with van der Waals surface area (Å²) in [6.07, 6.45) is 0. The van der Waals surface area contributed by atoms with Crippen LogP contribution in [0.15, 0.2) is 388 Å². The molecule has 0 saturated heterocycles.